The summed E-state index contributed by atoms with van der Waals surface area (Å²) in [7, 11) is 0. The first-order chi connectivity index (χ1) is 8.72. The number of ketones is 1. The molecule has 0 heterocycles. The first-order valence-electron chi connectivity index (χ1n) is 7.31. The molecule has 0 N–H and O–H groups in total. The molecule has 0 bridgehead atoms. The first-order valence-corrected chi connectivity index (χ1v) is 7.31. The van der Waals surface area contributed by atoms with Crippen molar-refractivity contribution in [3.63, 3.8) is 0 Å². The van der Waals surface area contributed by atoms with Gasteiger partial charge in [0.25, 0.3) is 0 Å². The van der Waals surface area contributed by atoms with Crippen molar-refractivity contribution in [3.05, 3.63) is 35.4 Å². The molecule has 1 fully saturated rings. The molecular formula is C17H24O. The van der Waals surface area contributed by atoms with E-state index in [9.17, 15) is 4.79 Å². The molecule has 1 heteroatoms. The van der Waals surface area contributed by atoms with Crippen molar-refractivity contribution in [2.45, 2.75) is 58.3 Å². The summed E-state index contributed by atoms with van der Waals surface area (Å²) in [6.45, 7) is 4.34. The smallest absolute Gasteiger partial charge is 0.140 e. The molecule has 0 amide bonds. The predicted octanol–water partition coefficient (Wildman–Crippen LogP) is 4.64. The van der Waals surface area contributed by atoms with Crippen LogP contribution >= 0.6 is 0 Å². The number of rotatable bonds is 4. The Morgan fingerprint density at radius 2 is 2.17 bits per heavy atom. The van der Waals surface area contributed by atoms with Crippen LogP contribution in [0.3, 0.4) is 0 Å². The van der Waals surface area contributed by atoms with E-state index in [0.29, 0.717) is 11.7 Å². The van der Waals surface area contributed by atoms with Crippen molar-refractivity contribution in [1.29, 1.82) is 0 Å². The highest BCUT2D eigenvalue weighted by Gasteiger charge is 2.32. The Morgan fingerprint density at radius 3 is 2.89 bits per heavy atom. The van der Waals surface area contributed by atoms with E-state index in [4.69, 9.17) is 0 Å². The average molecular weight is 244 g/mol. The summed E-state index contributed by atoms with van der Waals surface area (Å²) in [6, 6.07) is 8.54. The molecular weight excluding hydrogens is 220 g/mol. The quantitative estimate of drug-likeness (QED) is 0.754. The second-order valence-electron chi connectivity index (χ2n) is 5.65. The minimum absolute atomic E-state index is 0.171. The summed E-state index contributed by atoms with van der Waals surface area (Å²) in [5, 5.41) is 0. The molecule has 0 aromatic heterocycles. The van der Waals surface area contributed by atoms with Gasteiger partial charge in [0.15, 0.2) is 0 Å². The monoisotopic (exact) mass is 244 g/mol. The molecule has 0 unspecified atom stereocenters. The van der Waals surface area contributed by atoms with Crippen LogP contribution in [0.4, 0.5) is 0 Å². The maximum absolute atomic E-state index is 12.3. The number of hydrogen-bond acceptors (Lipinski definition) is 1. The van der Waals surface area contributed by atoms with E-state index in [0.717, 1.165) is 12.8 Å². The third kappa shape index (κ3) is 3.01. The van der Waals surface area contributed by atoms with E-state index in [1.54, 1.807) is 0 Å². The number of carbonyl (C=O) groups excluding carboxylic acids is 1. The zero-order valence-corrected chi connectivity index (χ0v) is 11.6. The molecule has 1 nitrogen and oxygen atoms in total. The second-order valence-corrected chi connectivity index (χ2v) is 5.65. The van der Waals surface area contributed by atoms with Gasteiger partial charge < -0.3 is 0 Å². The van der Waals surface area contributed by atoms with Gasteiger partial charge in [-0.1, -0.05) is 49.6 Å². The largest absolute Gasteiger partial charge is 0.299 e. The number of Topliss-reactive ketones (excluding diaryl/α,β-unsaturated/α-hetero) is 1. The molecule has 0 radical (unpaired) electrons. The molecule has 18 heavy (non-hydrogen) atoms. The van der Waals surface area contributed by atoms with Crippen LogP contribution in [0.25, 0.3) is 0 Å². The molecule has 2 atom stereocenters. The van der Waals surface area contributed by atoms with Crippen LogP contribution in [-0.4, -0.2) is 5.78 Å². The Bertz CT molecular complexity index is 408. The Balaban J connectivity index is 2.21. The highest BCUT2D eigenvalue weighted by atomic mass is 16.1. The van der Waals surface area contributed by atoms with E-state index in [-0.39, 0.29) is 5.92 Å². The molecule has 0 aliphatic heterocycles. The van der Waals surface area contributed by atoms with Crippen LogP contribution in [0.1, 0.15) is 62.5 Å². The van der Waals surface area contributed by atoms with E-state index in [1.807, 2.05) is 0 Å². The van der Waals surface area contributed by atoms with E-state index >= 15 is 0 Å². The summed E-state index contributed by atoms with van der Waals surface area (Å²) in [5.41, 5.74) is 2.51. The molecule has 1 aromatic rings. The number of aryl methyl sites for hydroxylation is 1. The van der Waals surface area contributed by atoms with Gasteiger partial charge in [0.05, 0.1) is 0 Å². The number of carbonyl (C=O) groups is 1. The minimum atomic E-state index is 0.171. The Labute approximate surface area is 111 Å². The van der Waals surface area contributed by atoms with E-state index in [2.05, 4.69) is 38.1 Å². The van der Waals surface area contributed by atoms with Crippen molar-refractivity contribution < 1.29 is 4.79 Å². The molecule has 1 aliphatic rings. The van der Waals surface area contributed by atoms with Crippen LogP contribution in [0.2, 0.25) is 0 Å². The summed E-state index contributed by atoms with van der Waals surface area (Å²) < 4.78 is 0. The Kier molecular flexibility index (Phi) is 4.57. The van der Waals surface area contributed by atoms with Crippen LogP contribution < -0.4 is 0 Å². The van der Waals surface area contributed by atoms with Gasteiger partial charge in [0, 0.05) is 12.3 Å². The molecule has 1 aliphatic carbocycles. The molecule has 0 saturated heterocycles. The molecule has 1 saturated carbocycles. The highest BCUT2D eigenvalue weighted by molar-refractivity contribution is 5.86. The zero-order chi connectivity index (χ0) is 13.0. The van der Waals surface area contributed by atoms with Crippen LogP contribution in [0, 0.1) is 12.8 Å². The standard InChI is InChI=1S/C17H24O/c1-3-4-8-14-9-6-11-16(18)17(14)15-10-5-7-13(2)12-15/h5,7,10,12,14,17H,3-4,6,8-9,11H2,1-2H3/t14-,17-/m1/s1. The fourth-order valence-corrected chi connectivity index (χ4v) is 3.22. The second kappa shape index (κ2) is 6.17. The summed E-state index contributed by atoms with van der Waals surface area (Å²) in [5.74, 6) is 1.21. The lowest BCUT2D eigenvalue weighted by Gasteiger charge is -2.31. The van der Waals surface area contributed by atoms with E-state index < -0.39 is 0 Å². The number of unbranched alkanes of at least 4 members (excludes halogenated alkanes) is 1. The fraction of sp³-hybridized carbons (Fsp3) is 0.588. The first kappa shape index (κ1) is 13.3. The lowest BCUT2D eigenvalue weighted by Crippen LogP contribution is -2.26. The van der Waals surface area contributed by atoms with Crippen molar-refractivity contribution >= 4 is 5.78 Å². The number of benzene rings is 1. The third-order valence-corrected chi connectivity index (χ3v) is 4.15. The van der Waals surface area contributed by atoms with Gasteiger partial charge in [0.2, 0.25) is 0 Å². The van der Waals surface area contributed by atoms with Gasteiger partial charge in [-0.25, -0.2) is 0 Å². The lowest BCUT2D eigenvalue weighted by atomic mass is 9.72. The predicted molar refractivity (Wildman–Crippen MR) is 75.8 cm³/mol. The molecule has 0 spiro atoms. The molecule has 2 rings (SSSR count). The Hall–Kier alpha value is -1.11. The minimum Gasteiger partial charge on any atom is -0.299 e. The van der Waals surface area contributed by atoms with Gasteiger partial charge in [0.1, 0.15) is 5.78 Å². The lowest BCUT2D eigenvalue weighted by molar-refractivity contribution is -0.123. The summed E-state index contributed by atoms with van der Waals surface area (Å²) >= 11 is 0. The van der Waals surface area contributed by atoms with Gasteiger partial charge in [-0.05, 0) is 37.7 Å². The van der Waals surface area contributed by atoms with Crippen LogP contribution in [0.15, 0.2) is 24.3 Å². The topological polar surface area (TPSA) is 17.1 Å². The zero-order valence-electron chi connectivity index (χ0n) is 11.6. The van der Waals surface area contributed by atoms with Gasteiger partial charge >= 0.3 is 0 Å². The summed E-state index contributed by atoms with van der Waals surface area (Å²) in [6.07, 6.45) is 6.79. The van der Waals surface area contributed by atoms with Gasteiger partial charge in [-0.15, -0.1) is 0 Å². The van der Waals surface area contributed by atoms with Gasteiger partial charge in [-0.2, -0.15) is 0 Å². The van der Waals surface area contributed by atoms with Crippen molar-refractivity contribution in [1.82, 2.24) is 0 Å². The molecule has 98 valence electrons. The highest BCUT2D eigenvalue weighted by Crippen LogP contribution is 2.38. The maximum atomic E-state index is 12.3. The average Bonchev–Trinajstić information content (AvgIpc) is 2.36. The third-order valence-electron chi connectivity index (χ3n) is 4.15. The molecule has 1 aromatic carbocycles. The van der Waals surface area contributed by atoms with Crippen molar-refractivity contribution in [2.24, 2.45) is 5.92 Å². The Morgan fingerprint density at radius 1 is 1.33 bits per heavy atom. The van der Waals surface area contributed by atoms with Crippen molar-refractivity contribution in [3.8, 4) is 0 Å². The maximum Gasteiger partial charge on any atom is 0.140 e. The SMILES string of the molecule is CCCC[C@@H]1CCCC(=O)[C@H]1c1cccc(C)c1. The van der Waals surface area contributed by atoms with E-state index in [1.165, 1.54) is 36.8 Å². The fourth-order valence-electron chi connectivity index (χ4n) is 3.22. The van der Waals surface area contributed by atoms with Gasteiger partial charge in [-0.3, -0.25) is 4.79 Å². The van der Waals surface area contributed by atoms with Crippen LogP contribution in [0.5, 0.6) is 0 Å². The summed E-state index contributed by atoms with van der Waals surface area (Å²) in [4.78, 5) is 12.3. The van der Waals surface area contributed by atoms with Crippen LogP contribution in [-0.2, 0) is 4.79 Å². The van der Waals surface area contributed by atoms with Crippen molar-refractivity contribution in [2.75, 3.05) is 0 Å². The number of hydrogen-bond donors (Lipinski definition) is 0. The normalized spacial score (nSPS) is 24.2.